The normalized spacial score (nSPS) is 14.4. The molecule has 0 saturated carbocycles. The van der Waals surface area contributed by atoms with Gasteiger partial charge in [0.05, 0.1) is 10.5 Å². The zero-order valence-corrected chi connectivity index (χ0v) is 11.7. The van der Waals surface area contributed by atoms with Gasteiger partial charge < -0.3 is 10.4 Å². The Morgan fingerprint density at radius 3 is 2.74 bits per heavy atom. The Bertz CT molecular complexity index is 430. The highest BCUT2D eigenvalue weighted by molar-refractivity contribution is 5.34. The van der Waals surface area contributed by atoms with Crippen LogP contribution in [0.25, 0.3) is 0 Å². The summed E-state index contributed by atoms with van der Waals surface area (Å²) in [6.45, 7) is 6.90. The predicted molar refractivity (Wildman–Crippen MR) is 74.9 cm³/mol. The number of hydrogen-bond acceptors (Lipinski definition) is 4. The third-order valence-corrected chi connectivity index (χ3v) is 2.80. The van der Waals surface area contributed by atoms with E-state index >= 15 is 0 Å². The molecule has 5 heteroatoms. The molecule has 0 aliphatic rings. The Morgan fingerprint density at radius 1 is 1.47 bits per heavy atom. The molecule has 1 rings (SSSR count). The van der Waals surface area contributed by atoms with Crippen LogP contribution in [0.5, 0.6) is 0 Å². The van der Waals surface area contributed by atoms with Crippen molar-refractivity contribution in [3.05, 3.63) is 39.9 Å². The van der Waals surface area contributed by atoms with Gasteiger partial charge in [0.2, 0.25) is 0 Å². The monoisotopic (exact) mass is 266 g/mol. The van der Waals surface area contributed by atoms with Gasteiger partial charge >= 0.3 is 0 Å². The van der Waals surface area contributed by atoms with Gasteiger partial charge in [-0.25, -0.2) is 0 Å². The summed E-state index contributed by atoms with van der Waals surface area (Å²) < 4.78 is 0. The second-order valence-electron chi connectivity index (χ2n) is 5.63. The lowest BCUT2D eigenvalue weighted by Crippen LogP contribution is -2.38. The van der Waals surface area contributed by atoms with Gasteiger partial charge in [0.15, 0.2) is 0 Å². The van der Waals surface area contributed by atoms with E-state index in [0.29, 0.717) is 19.0 Å². The first kappa shape index (κ1) is 15.6. The van der Waals surface area contributed by atoms with Gasteiger partial charge in [-0.1, -0.05) is 26.0 Å². The van der Waals surface area contributed by atoms with Gasteiger partial charge in [-0.3, -0.25) is 10.1 Å². The van der Waals surface area contributed by atoms with Crippen LogP contribution in [0.1, 0.15) is 32.8 Å². The highest BCUT2D eigenvalue weighted by atomic mass is 16.6. The van der Waals surface area contributed by atoms with Gasteiger partial charge in [-0.15, -0.1) is 0 Å². The first-order valence-corrected chi connectivity index (χ1v) is 6.46. The van der Waals surface area contributed by atoms with E-state index in [4.69, 9.17) is 0 Å². The zero-order chi connectivity index (χ0) is 14.5. The number of nitro benzene ring substituents is 1. The molecule has 0 amide bonds. The van der Waals surface area contributed by atoms with Crippen LogP contribution < -0.4 is 5.32 Å². The number of hydrogen-bond donors (Lipinski definition) is 2. The van der Waals surface area contributed by atoms with Crippen molar-refractivity contribution in [3.8, 4) is 0 Å². The Hall–Kier alpha value is -1.46. The molecule has 1 aromatic carbocycles. The zero-order valence-electron chi connectivity index (χ0n) is 11.7. The molecule has 0 spiro atoms. The first-order chi connectivity index (χ1) is 8.80. The maximum Gasteiger partial charge on any atom is 0.269 e. The second kappa shape index (κ2) is 6.63. The summed E-state index contributed by atoms with van der Waals surface area (Å²) in [4.78, 5) is 10.2. The van der Waals surface area contributed by atoms with E-state index in [1.165, 1.54) is 6.07 Å². The third-order valence-electron chi connectivity index (χ3n) is 2.80. The average Bonchev–Trinajstić information content (AvgIpc) is 2.27. The van der Waals surface area contributed by atoms with Crippen molar-refractivity contribution in [2.24, 2.45) is 5.92 Å². The van der Waals surface area contributed by atoms with E-state index in [1.54, 1.807) is 19.1 Å². The van der Waals surface area contributed by atoms with Gasteiger partial charge in [-0.2, -0.15) is 0 Å². The lowest BCUT2D eigenvalue weighted by molar-refractivity contribution is -0.384. The van der Waals surface area contributed by atoms with E-state index in [1.807, 2.05) is 6.07 Å². The summed E-state index contributed by atoms with van der Waals surface area (Å²) in [6.07, 6.45) is 0.717. The minimum atomic E-state index is -0.755. The van der Waals surface area contributed by atoms with Crippen molar-refractivity contribution in [3.63, 3.8) is 0 Å². The Labute approximate surface area is 113 Å². The maximum atomic E-state index is 10.7. The van der Waals surface area contributed by atoms with Crippen LogP contribution in [0.2, 0.25) is 0 Å². The SMILES string of the molecule is CC(C)CC(C)(O)CNCc1cccc([N+](=O)[O-])c1. The molecular weight excluding hydrogens is 244 g/mol. The molecule has 0 bridgehead atoms. The number of nitro groups is 1. The average molecular weight is 266 g/mol. The van der Waals surface area contributed by atoms with E-state index in [-0.39, 0.29) is 5.69 Å². The highest BCUT2D eigenvalue weighted by Gasteiger charge is 2.21. The molecule has 0 aliphatic heterocycles. The molecule has 0 radical (unpaired) electrons. The molecule has 2 N–H and O–H groups in total. The molecule has 1 aromatic rings. The molecular formula is C14H22N2O3. The Balaban J connectivity index is 2.49. The largest absolute Gasteiger partial charge is 0.389 e. The summed E-state index contributed by atoms with van der Waals surface area (Å²) in [6, 6.07) is 6.52. The van der Waals surface area contributed by atoms with Crippen molar-refractivity contribution < 1.29 is 10.0 Å². The summed E-state index contributed by atoms with van der Waals surface area (Å²) in [5.41, 5.74) is 0.178. The van der Waals surface area contributed by atoms with Gasteiger partial charge in [0.1, 0.15) is 0 Å². The number of nitrogens with one attached hydrogen (secondary N) is 1. The number of aliphatic hydroxyl groups is 1. The smallest absolute Gasteiger partial charge is 0.269 e. The summed E-state index contributed by atoms with van der Waals surface area (Å²) in [5.74, 6) is 0.426. The predicted octanol–water partition coefficient (Wildman–Crippen LogP) is 2.48. The number of nitrogens with zero attached hydrogens (tertiary/aromatic N) is 1. The fourth-order valence-corrected chi connectivity index (χ4v) is 2.21. The standard InChI is InChI=1S/C14H22N2O3/c1-11(2)8-14(3,17)10-15-9-12-5-4-6-13(7-12)16(18)19/h4-7,11,15,17H,8-10H2,1-3H3. The fourth-order valence-electron chi connectivity index (χ4n) is 2.21. The van der Waals surface area contributed by atoms with Gasteiger partial charge in [0.25, 0.3) is 5.69 Å². The number of rotatable bonds is 7. The molecule has 0 saturated heterocycles. The number of non-ortho nitro benzene ring substituents is 1. The Morgan fingerprint density at radius 2 is 2.16 bits per heavy atom. The quantitative estimate of drug-likeness (QED) is 0.587. The molecule has 106 valence electrons. The van der Waals surface area contributed by atoms with Crippen molar-refractivity contribution >= 4 is 5.69 Å². The van der Waals surface area contributed by atoms with Crippen LogP contribution in [0.15, 0.2) is 24.3 Å². The van der Waals surface area contributed by atoms with E-state index in [0.717, 1.165) is 12.0 Å². The maximum absolute atomic E-state index is 10.7. The van der Waals surface area contributed by atoms with Crippen molar-refractivity contribution in [1.29, 1.82) is 0 Å². The highest BCUT2D eigenvalue weighted by Crippen LogP contribution is 2.16. The molecule has 0 heterocycles. The summed E-state index contributed by atoms with van der Waals surface area (Å²) in [7, 11) is 0. The molecule has 19 heavy (non-hydrogen) atoms. The third kappa shape index (κ3) is 5.81. The summed E-state index contributed by atoms with van der Waals surface area (Å²) in [5, 5.41) is 23.9. The van der Waals surface area contributed by atoms with Crippen LogP contribution in [0.4, 0.5) is 5.69 Å². The van der Waals surface area contributed by atoms with E-state index in [2.05, 4.69) is 19.2 Å². The molecule has 1 atom stereocenters. The Kier molecular flexibility index (Phi) is 5.44. The van der Waals surface area contributed by atoms with Crippen LogP contribution in [-0.4, -0.2) is 22.2 Å². The lowest BCUT2D eigenvalue weighted by Gasteiger charge is -2.25. The van der Waals surface area contributed by atoms with Crippen molar-refractivity contribution in [1.82, 2.24) is 5.32 Å². The van der Waals surface area contributed by atoms with E-state index < -0.39 is 10.5 Å². The summed E-state index contributed by atoms with van der Waals surface area (Å²) >= 11 is 0. The topological polar surface area (TPSA) is 75.4 Å². The van der Waals surface area contributed by atoms with E-state index in [9.17, 15) is 15.2 Å². The molecule has 5 nitrogen and oxygen atoms in total. The minimum Gasteiger partial charge on any atom is -0.389 e. The van der Waals surface area contributed by atoms with Crippen LogP contribution in [0.3, 0.4) is 0 Å². The van der Waals surface area contributed by atoms with Crippen LogP contribution in [-0.2, 0) is 6.54 Å². The molecule has 0 fully saturated rings. The van der Waals surface area contributed by atoms with Crippen molar-refractivity contribution in [2.75, 3.05) is 6.54 Å². The molecule has 0 aromatic heterocycles. The van der Waals surface area contributed by atoms with Crippen molar-refractivity contribution in [2.45, 2.75) is 39.3 Å². The second-order valence-corrected chi connectivity index (χ2v) is 5.63. The first-order valence-electron chi connectivity index (χ1n) is 6.46. The fraction of sp³-hybridized carbons (Fsp3) is 0.571. The van der Waals surface area contributed by atoms with Gasteiger partial charge in [0, 0.05) is 25.2 Å². The van der Waals surface area contributed by atoms with Gasteiger partial charge in [-0.05, 0) is 24.8 Å². The van der Waals surface area contributed by atoms with Crippen LogP contribution in [0, 0.1) is 16.0 Å². The molecule has 1 unspecified atom stereocenters. The van der Waals surface area contributed by atoms with Crippen LogP contribution >= 0.6 is 0 Å². The lowest BCUT2D eigenvalue weighted by atomic mass is 9.94. The number of benzene rings is 1. The molecule has 0 aliphatic carbocycles. The minimum absolute atomic E-state index is 0.0910.